The summed E-state index contributed by atoms with van der Waals surface area (Å²) < 4.78 is 45.6. The van der Waals surface area contributed by atoms with E-state index < -0.39 is 23.3 Å². The molecule has 0 aromatic rings. The molecular formula is C15H27F3N2O3. The predicted octanol–water partition coefficient (Wildman–Crippen LogP) is 2.54. The normalized spacial score (nSPS) is 18.8. The van der Waals surface area contributed by atoms with Gasteiger partial charge < -0.3 is 20.1 Å². The number of piperidine rings is 1. The van der Waals surface area contributed by atoms with Gasteiger partial charge in [0.05, 0.1) is 5.41 Å². The lowest BCUT2D eigenvalue weighted by atomic mass is 9.77. The fourth-order valence-electron chi connectivity index (χ4n) is 2.54. The van der Waals surface area contributed by atoms with E-state index >= 15 is 0 Å². The minimum absolute atomic E-state index is 0.0239. The van der Waals surface area contributed by atoms with Gasteiger partial charge in [0.2, 0.25) is 0 Å². The maximum absolute atomic E-state index is 13.5. The molecule has 0 aromatic heterocycles. The maximum Gasteiger partial charge on any atom is 0.410 e. The number of rotatable bonds is 5. The van der Waals surface area contributed by atoms with Crippen molar-refractivity contribution >= 4 is 6.09 Å². The summed E-state index contributed by atoms with van der Waals surface area (Å²) in [4.78, 5) is 13.3. The van der Waals surface area contributed by atoms with E-state index in [1.165, 1.54) is 4.90 Å². The van der Waals surface area contributed by atoms with E-state index in [0.29, 0.717) is 13.0 Å². The third-order valence-corrected chi connectivity index (χ3v) is 3.95. The van der Waals surface area contributed by atoms with Gasteiger partial charge in [0.15, 0.2) is 0 Å². The van der Waals surface area contributed by atoms with Crippen LogP contribution >= 0.6 is 0 Å². The van der Waals surface area contributed by atoms with Crippen LogP contribution in [-0.4, -0.2) is 60.7 Å². The topological polar surface area (TPSA) is 61.8 Å². The van der Waals surface area contributed by atoms with E-state index in [1.54, 1.807) is 20.8 Å². The number of aliphatic hydroxyl groups is 1. The fraction of sp³-hybridized carbons (Fsp3) is 0.933. The summed E-state index contributed by atoms with van der Waals surface area (Å²) in [6, 6.07) is 0. The number of amides is 1. The zero-order valence-corrected chi connectivity index (χ0v) is 14.0. The van der Waals surface area contributed by atoms with Crippen molar-refractivity contribution in [2.24, 2.45) is 5.41 Å². The van der Waals surface area contributed by atoms with Crippen LogP contribution in [0.1, 0.15) is 40.0 Å². The molecule has 23 heavy (non-hydrogen) atoms. The van der Waals surface area contributed by atoms with Crippen molar-refractivity contribution < 1.29 is 27.8 Å². The molecule has 2 N–H and O–H groups in total. The predicted molar refractivity (Wildman–Crippen MR) is 80.1 cm³/mol. The van der Waals surface area contributed by atoms with Gasteiger partial charge in [-0.3, -0.25) is 0 Å². The summed E-state index contributed by atoms with van der Waals surface area (Å²) in [7, 11) is 0. The summed E-state index contributed by atoms with van der Waals surface area (Å²) in [5.74, 6) is 0. The quantitative estimate of drug-likeness (QED) is 0.755. The van der Waals surface area contributed by atoms with Crippen LogP contribution in [0.25, 0.3) is 0 Å². The van der Waals surface area contributed by atoms with Crippen LogP contribution in [0.15, 0.2) is 0 Å². The van der Waals surface area contributed by atoms with Gasteiger partial charge in [0, 0.05) is 26.2 Å². The van der Waals surface area contributed by atoms with Gasteiger partial charge in [-0.15, -0.1) is 0 Å². The first-order valence-electron chi connectivity index (χ1n) is 7.87. The largest absolute Gasteiger partial charge is 0.444 e. The molecule has 0 spiro atoms. The highest BCUT2D eigenvalue weighted by molar-refractivity contribution is 5.68. The first-order chi connectivity index (χ1) is 10.5. The Kier molecular flexibility index (Phi) is 6.70. The minimum atomic E-state index is -4.33. The molecule has 136 valence electrons. The molecule has 1 saturated heterocycles. The van der Waals surface area contributed by atoms with Gasteiger partial charge in [-0.25, -0.2) is 4.79 Å². The number of carbonyl (C=O) groups excluding carboxylic acids is 1. The summed E-state index contributed by atoms with van der Waals surface area (Å²) in [5.41, 5.74) is -2.50. The lowest BCUT2D eigenvalue weighted by Crippen LogP contribution is -2.54. The second-order valence-corrected chi connectivity index (χ2v) is 7.00. The Hall–Kier alpha value is -1.02. The number of nitrogens with zero attached hydrogens (tertiary/aromatic N) is 1. The van der Waals surface area contributed by atoms with Gasteiger partial charge >= 0.3 is 12.3 Å². The van der Waals surface area contributed by atoms with Crippen molar-refractivity contribution in [2.75, 3.05) is 32.8 Å². The van der Waals surface area contributed by atoms with Crippen LogP contribution < -0.4 is 5.32 Å². The molecule has 5 nitrogen and oxygen atoms in total. The highest BCUT2D eigenvalue weighted by Crippen LogP contribution is 2.46. The van der Waals surface area contributed by atoms with Crippen molar-refractivity contribution in [3.63, 3.8) is 0 Å². The molecule has 8 heteroatoms. The second kappa shape index (κ2) is 7.70. The van der Waals surface area contributed by atoms with E-state index in [1.807, 2.05) is 0 Å². The standard InChI is InChI=1S/C15H27F3N2O3/c1-13(2,3)23-12(22)20-8-5-14(6-9-20,15(16,17)18)11-19-7-4-10-21/h19,21H,4-11H2,1-3H3. The molecule has 1 heterocycles. The lowest BCUT2D eigenvalue weighted by molar-refractivity contribution is -0.235. The molecule has 1 rings (SSSR count). The molecule has 1 aliphatic heterocycles. The summed E-state index contributed by atoms with van der Waals surface area (Å²) in [6.45, 7) is 5.30. The highest BCUT2D eigenvalue weighted by Gasteiger charge is 2.55. The minimum Gasteiger partial charge on any atom is -0.444 e. The lowest BCUT2D eigenvalue weighted by Gasteiger charge is -2.43. The zero-order valence-electron chi connectivity index (χ0n) is 14.0. The molecule has 0 atom stereocenters. The average molecular weight is 340 g/mol. The number of aliphatic hydroxyl groups excluding tert-OH is 1. The van der Waals surface area contributed by atoms with Gasteiger partial charge in [0.1, 0.15) is 5.60 Å². The Bertz CT molecular complexity index is 386. The zero-order chi connectivity index (χ0) is 17.7. The van der Waals surface area contributed by atoms with Crippen LogP contribution in [0.3, 0.4) is 0 Å². The number of likely N-dealkylation sites (tertiary alicyclic amines) is 1. The first kappa shape index (κ1) is 20.0. The Labute approximate surface area is 135 Å². The Morgan fingerprint density at radius 1 is 1.26 bits per heavy atom. The van der Waals surface area contributed by atoms with Crippen molar-refractivity contribution in [3.05, 3.63) is 0 Å². The molecule has 0 radical (unpaired) electrons. The van der Waals surface area contributed by atoms with Gasteiger partial charge in [-0.05, 0) is 46.6 Å². The fourth-order valence-corrected chi connectivity index (χ4v) is 2.54. The number of hydrogen-bond acceptors (Lipinski definition) is 4. The summed E-state index contributed by atoms with van der Waals surface area (Å²) in [5, 5.41) is 11.5. The molecule has 1 amide bonds. The van der Waals surface area contributed by atoms with Crippen molar-refractivity contribution in [2.45, 2.75) is 51.8 Å². The molecule has 0 unspecified atom stereocenters. The molecule has 0 aliphatic carbocycles. The summed E-state index contributed by atoms with van der Waals surface area (Å²) >= 11 is 0. The average Bonchev–Trinajstić information content (AvgIpc) is 2.41. The van der Waals surface area contributed by atoms with E-state index in [0.717, 1.165) is 0 Å². The van der Waals surface area contributed by atoms with Gasteiger partial charge in [-0.2, -0.15) is 13.2 Å². The number of carbonyl (C=O) groups is 1. The highest BCUT2D eigenvalue weighted by atomic mass is 19.4. The van der Waals surface area contributed by atoms with Gasteiger partial charge in [-0.1, -0.05) is 0 Å². The molecule has 0 aromatic carbocycles. The number of hydrogen-bond donors (Lipinski definition) is 2. The van der Waals surface area contributed by atoms with Crippen molar-refractivity contribution in [1.29, 1.82) is 0 Å². The molecule has 1 aliphatic rings. The van der Waals surface area contributed by atoms with Crippen molar-refractivity contribution in [1.82, 2.24) is 10.2 Å². The van der Waals surface area contributed by atoms with Crippen LogP contribution in [-0.2, 0) is 4.74 Å². The molecule has 0 bridgehead atoms. The van der Waals surface area contributed by atoms with Crippen LogP contribution in [0.5, 0.6) is 0 Å². The van der Waals surface area contributed by atoms with Crippen molar-refractivity contribution in [3.8, 4) is 0 Å². The summed E-state index contributed by atoms with van der Waals surface area (Å²) in [6.07, 6.45) is -4.79. The third kappa shape index (κ3) is 5.84. The van der Waals surface area contributed by atoms with E-state index in [-0.39, 0.29) is 39.1 Å². The van der Waals surface area contributed by atoms with E-state index in [9.17, 15) is 18.0 Å². The first-order valence-corrected chi connectivity index (χ1v) is 7.87. The molecule has 0 saturated carbocycles. The van der Waals surface area contributed by atoms with Crippen LogP contribution in [0.4, 0.5) is 18.0 Å². The SMILES string of the molecule is CC(C)(C)OC(=O)N1CCC(CNCCCO)(C(F)(F)F)CC1. The van der Waals surface area contributed by atoms with Crippen LogP contribution in [0.2, 0.25) is 0 Å². The monoisotopic (exact) mass is 340 g/mol. The number of alkyl halides is 3. The van der Waals surface area contributed by atoms with E-state index in [4.69, 9.17) is 9.84 Å². The Balaban J connectivity index is 2.64. The Morgan fingerprint density at radius 2 is 1.83 bits per heavy atom. The third-order valence-electron chi connectivity index (χ3n) is 3.95. The molecular weight excluding hydrogens is 313 g/mol. The number of nitrogens with one attached hydrogen (secondary N) is 1. The van der Waals surface area contributed by atoms with Crippen LogP contribution in [0, 0.1) is 5.41 Å². The maximum atomic E-state index is 13.5. The number of ether oxygens (including phenoxy) is 1. The smallest absolute Gasteiger partial charge is 0.410 e. The molecule has 1 fully saturated rings. The van der Waals surface area contributed by atoms with Gasteiger partial charge in [0.25, 0.3) is 0 Å². The second-order valence-electron chi connectivity index (χ2n) is 7.00. The number of halogens is 3. The Morgan fingerprint density at radius 3 is 2.26 bits per heavy atom. The van der Waals surface area contributed by atoms with E-state index in [2.05, 4.69) is 5.32 Å².